The fourth-order valence-electron chi connectivity index (χ4n) is 2.38. The molecule has 0 aliphatic carbocycles. The number of benzene rings is 1. The molecule has 0 spiro atoms. The first-order valence-electron chi connectivity index (χ1n) is 8.32. The lowest BCUT2D eigenvalue weighted by molar-refractivity contribution is -0.137. The number of hydrogen-bond donors (Lipinski definition) is 1. The van der Waals surface area contributed by atoms with Crippen molar-refractivity contribution in [3.05, 3.63) is 47.4 Å². The first kappa shape index (κ1) is 20.2. The summed E-state index contributed by atoms with van der Waals surface area (Å²) in [5.74, 6) is -0.138. The van der Waals surface area contributed by atoms with Crippen LogP contribution in [0, 0.1) is 0 Å². The van der Waals surface area contributed by atoms with Crippen LogP contribution in [0.4, 0.5) is 0 Å². The van der Waals surface area contributed by atoms with Crippen molar-refractivity contribution in [1.29, 1.82) is 0 Å². The molecule has 1 aliphatic rings. The normalized spacial score (nSPS) is 15.5. The van der Waals surface area contributed by atoms with Gasteiger partial charge in [0.1, 0.15) is 16.7 Å². The topological polar surface area (TPSA) is 66.8 Å². The molecule has 7 heteroatoms. The third-order valence-electron chi connectivity index (χ3n) is 3.69. The second-order valence-electron chi connectivity index (χ2n) is 5.71. The molecule has 0 aromatic heterocycles. The maximum Gasteiger partial charge on any atom is 0.303 e. The van der Waals surface area contributed by atoms with E-state index in [0.29, 0.717) is 28.8 Å². The Morgan fingerprint density at radius 3 is 2.65 bits per heavy atom. The minimum absolute atomic E-state index is 0.0924. The highest BCUT2D eigenvalue weighted by atomic mass is 32.2. The van der Waals surface area contributed by atoms with Crippen molar-refractivity contribution in [1.82, 2.24) is 4.90 Å². The van der Waals surface area contributed by atoms with Crippen LogP contribution in [0.2, 0.25) is 0 Å². The summed E-state index contributed by atoms with van der Waals surface area (Å²) in [6, 6.07) is 7.46. The number of unbranched alkanes of at least 4 members (excludes halogenated alkanes) is 2. The Balaban J connectivity index is 1.91. The zero-order valence-corrected chi connectivity index (χ0v) is 16.0. The molecule has 1 fully saturated rings. The van der Waals surface area contributed by atoms with Crippen LogP contribution in [0.15, 0.2) is 41.8 Å². The smallest absolute Gasteiger partial charge is 0.303 e. The van der Waals surface area contributed by atoms with Crippen LogP contribution in [0.25, 0.3) is 6.08 Å². The van der Waals surface area contributed by atoms with Gasteiger partial charge in [0, 0.05) is 13.0 Å². The number of rotatable bonds is 10. The fourth-order valence-corrected chi connectivity index (χ4v) is 3.69. The van der Waals surface area contributed by atoms with Crippen molar-refractivity contribution in [2.45, 2.75) is 25.7 Å². The largest absolute Gasteiger partial charge is 0.490 e. The van der Waals surface area contributed by atoms with Gasteiger partial charge in [0.25, 0.3) is 5.91 Å². The van der Waals surface area contributed by atoms with Crippen LogP contribution in [0.1, 0.15) is 31.2 Å². The molecule has 1 aromatic carbocycles. The summed E-state index contributed by atoms with van der Waals surface area (Å²) in [5, 5.41) is 8.63. The van der Waals surface area contributed by atoms with Crippen LogP contribution >= 0.6 is 24.0 Å². The van der Waals surface area contributed by atoms with Gasteiger partial charge < -0.3 is 9.84 Å². The Morgan fingerprint density at radius 2 is 2.00 bits per heavy atom. The van der Waals surface area contributed by atoms with Gasteiger partial charge in [-0.25, -0.2) is 0 Å². The second kappa shape index (κ2) is 10.1. The number of carbonyl (C=O) groups excluding carboxylic acids is 1. The molecular weight excluding hydrogens is 370 g/mol. The van der Waals surface area contributed by atoms with Crippen LogP contribution in [0.5, 0.6) is 5.75 Å². The van der Waals surface area contributed by atoms with Gasteiger partial charge in [0.2, 0.25) is 0 Å². The average molecular weight is 392 g/mol. The Hall–Kier alpha value is -2.12. The summed E-state index contributed by atoms with van der Waals surface area (Å²) in [7, 11) is 0. The first-order chi connectivity index (χ1) is 12.5. The summed E-state index contributed by atoms with van der Waals surface area (Å²) in [6.45, 7) is 4.58. The predicted molar refractivity (Wildman–Crippen MR) is 108 cm³/mol. The van der Waals surface area contributed by atoms with E-state index < -0.39 is 5.97 Å². The molecule has 1 aromatic rings. The third kappa shape index (κ3) is 6.00. The van der Waals surface area contributed by atoms with Crippen LogP contribution < -0.4 is 4.74 Å². The number of carboxylic acid groups (broad SMARTS) is 1. The Labute approximate surface area is 162 Å². The molecule has 1 N–H and O–H groups in total. The SMILES string of the molecule is C=CCOc1ccc(/C=C2/SC(=S)N(CCCCCC(=O)O)C2=O)cc1. The Bertz CT molecular complexity index is 713. The molecule has 1 heterocycles. The summed E-state index contributed by atoms with van der Waals surface area (Å²) in [6.07, 6.45) is 5.77. The van der Waals surface area contributed by atoms with E-state index in [4.69, 9.17) is 22.1 Å². The van der Waals surface area contributed by atoms with Gasteiger partial charge in [-0.2, -0.15) is 0 Å². The molecule has 138 valence electrons. The second-order valence-corrected chi connectivity index (χ2v) is 7.38. The summed E-state index contributed by atoms with van der Waals surface area (Å²) in [5.41, 5.74) is 0.901. The number of ether oxygens (including phenoxy) is 1. The van der Waals surface area contributed by atoms with Crippen molar-refractivity contribution >= 4 is 46.3 Å². The molecule has 0 atom stereocenters. The van der Waals surface area contributed by atoms with E-state index in [0.717, 1.165) is 24.2 Å². The molecular formula is C19H21NO4S2. The maximum atomic E-state index is 12.5. The number of carboxylic acids is 1. The molecule has 1 aliphatic heterocycles. The van der Waals surface area contributed by atoms with Crippen molar-refractivity contribution in [3.63, 3.8) is 0 Å². The molecule has 0 bridgehead atoms. The first-order valence-corrected chi connectivity index (χ1v) is 9.54. The van der Waals surface area contributed by atoms with Gasteiger partial charge >= 0.3 is 5.97 Å². The van der Waals surface area contributed by atoms with Gasteiger partial charge in [0.05, 0.1) is 4.91 Å². The lowest BCUT2D eigenvalue weighted by atomic mass is 10.2. The number of thioether (sulfide) groups is 1. The summed E-state index contributed by atoms with van der Waals surface area (Å²) >= 11 is 6.60. The number of thiocarbonyl (C=S) groups is 1. The van der Waals surface area contributed by atoms with Crippen LogP contribution in [-0.2, 0) is 9.59 Å². The van der Waals surface area contributed by atoms with E-state index in [-0.39, 0.29) is 12.3 Å². The van der Waals surface area contributed by atoms with Crippen LogP contribution in [0.3, 0.4) is 0 Å². The molecule has 0 radical (unpaired) electrons. The predicted octanol–water partition coefficient (Wildman–Crippen LogP) is 4.10. The summed E-state index contributed by atoms with van der Waals surface area (Å²) in [4.78, 5) is 25.2. The van der Waals surface area contributed by atoms with Gasteiger partial charge in [-0.1, -0.05) is 55.2 Å². The highest BCUT2D eigenvalue weighted by Gasteiger charge is 2.31. The molecule has 5 nitrogen and oxygen atoms in total. The number of carbonyl (C=O) groups is 2. The highest BCUT2D eigenvalue weighted by Crippen LogP contribution is 2.33. The minimum Gasteiger partial charge on any atom is -0.490 e. The fraction of sp³-hybridized carbons (Fsp3) is 0.316. The molecule has 0 saturated carbocycles. The van der Waals surface area contributed by atoms with E-state index in [9.17, 15) is 9.59 Å². The van der Waals surface area contributed by atoms with Gasteiger partial charge in [0.15, 0.2) is 0 Å². The maximum absolute atomic E-state index is 12.5. The van der Waals surface area contributed by atoms with E-state index >= 15 is 0 Å². The van der Waals surface area contributed by atoms with Gasteiger partial charge in [-0.3, -0.25) is 14.5 Å². The quantitative estimate of drug-likeness (QED) is 0.280. The molecule has 26 heavy (non-hydrogen) atoms. The lowest BCUT2D eigenvalue weighted by Gasteiger charge is -2.13. The van der Waals surface area contributed by atoms with Gasteiger partial charge in [-0.05, 0) is 36.6 Å². The number of aliphatic carboxylic acids is 1. The summed E-state index contributed by atoms with van der Waals surface area (Å²) < 4.78 is 5.98. The zero-order valence-electron chi connectivity index (χ0n) is 14.3. The highest BCUT2D eigenvalue weighted by molar-refractivity contribution is 8.26. The zero-order chi connectivity index (χ0) is 18.9. The van der Waals surface area contributed by atoms with E-state index in [1.54, 1.807) is 11.0 Å². The van der Waals surface area contributed by atoms with Crippen molar-refractivity contribution < 1.29 is 19.4 Å². The standard InChI is InChI=1S/C19H21NO4S2/c1-2-12-24-15-9-7-14(8-10-15)13-16-18(23)20(19(25)26-16)11-5-3-4-6-17(21)22/h2,7-10,13H,1,3-6,11-12H2,(H,21,22)/b16-13+. The number of nitrogens with zero attached hydrogens (tertiary/aromatic N) is 1. The van der Waals surface area contributed by atoms with Gasteiger partial charge in [-0.15, -0.1) is 0 Å². The Morgan fingerprint density at radius 1 is 1.27 bits per heavy atom. The van der Waals surface area contributed by atoms with Crippen molar-refractivity contribution in [2.75, 3.05) is 13.2 Å². The number of hydrogen-bond acceptors (Lipinski definition) is 5. The average Bonchev–Trinajstić information content (AvgIpc) is 2.87. The Kier molecular flexibility index (Phi) is 7.87. The molecule has 0 unspecified atom stereocenters. The third-order valence-corrected chi connectivity index (χ3v) is 5.07. The van der Waals surface area contributed by atoms with Crippen molar-refractivity contribution in [3.8, 4) is 5.75 Å². The van der Waals surface area contributed by atoms with Crippen molar-refractivity contribution in [2.24, 2.45) is 0 Å². The number of amides is 1. The minimum atomic E-state index is -0.792. The van der Waals surface area contributed by atoms with Crippen LogP contribution in [-0.4, -0.2) is 39.4 Å². The molecule has 1 saturated heterocycles. The van der Waals surface area contributed by atoms with E-state index in [1.807, 2.05) is 30.3 Å². The van der Waals surface area contributed by atoms with E-state index in [2.05, 4.69) is 6.58 Å². The van der Waals surface area contributed by atoms with E-state index in [1.165, 1.54) is 11.8 Å². The monoisotopic (exact) mass is 391 g/mol. The molecule has 1 amide bonds. The lowest BCUT2D eigenvalue weighted by Crippen LogP contribution is -2.29. The molecule has 2 rings (SSSR count).